The molecule has 0 aliphatic heterocycles. The van der Waals surface area contributed by atoms with Crippen LogP contribution < -0.4 is 5.32 Å². The summed E-state index contributed by atoms with van der Waals surface area (Å²) in [6.07, 6.45) is 1.78. The van der Waals surface area contributed by atoms with Gasteiger partial charge in [-0.05, 0) is 38.1 Å². The SMILES string of the molecule is Cc1nc(C)c(CNc2ccc(Cl)c3cccnc23)s1. The van der Waals surface area contributed by atoms with Gasteiger partial charge in [0.15, 0.2) is 0 Å². The van der Waals surface area contributed by atoms with Gasteiger partial charge < -0.3 is 5.32 Å². The number of aryl methyl sites for hydroxylation is 2. The molecule has 0 aliphatic rings. The van der Waals surface area contributed by atoms with Gasteiger partial charge >= 0.3 is 0 Å². The van der Waals surface area contributed by atoms with Crippen molar-refractivity contribution in [3.63, 3.8) is 0 Å². The minimum absolute atomic E-state index is 0.725. The smallest absolute Gasteiger partial charge is 0.0948 e. The van der Waals surface area contributed by atoms with Crippen molar-refractivity contribution in [1.82, 2.24) is 9.97 Å². The predicted molar refractivity (Wildman–Crippen MR) is 85.7 cm³/mol. The third-order valence-electron chi connectivity index (χ3n) is 3.16. The maximum absolute atomic E-state index is 6.20. The molecule has 102 valence electrons. The van der Waals surface area contributed by atoms with Crippen LogP contribution in [-0.4, -0.2) is 9.97 Å². The van der Waals surface area contributed by atoms with Gasteiger partial charge in [0.05, 0.1) is 33.5 Å². The number of rotatable bonds is 3. The first-order chi connectivity index (χ1) is 9.65. The summed E-state index contributed by atoms with van der Waals surface area (Å²) >= 11 is 7.92. The molecule has 1 N–H and O–H groups in total. The fourth-order valence-electron chi connectivity index (χ4n) is 2.19. The lowest BCUT2D eigenvalue weighted by molar-refractivity contribution is 1.11. The van der Waals surface area contributed by atoms with E-state index in [-0.39, 0.29) is 0 Å². The molecule has 1 aromatic carbocycles. The molecule has 3 nitrogen and oxygen atoms in total. The highest BCUT2D eigenvalue weighted by atomic mass is 35.5. The zero-order valence-electron chi connectivity index (χ0n) is 11.3. The highest BCUT2D eigenvalue weighted by Crippen LogP contribution is 2.28. The first-order valence-electron chi connectivity index (χ1n) is 6.35. The zero-order valence-corrected chi connectivity index (χ0v) is 12.8. The summed E-state index contributed by atoms with van der Waals surface area (Å²) in [6.45, 7) is 4.82. The molecule has 0 fully saturated rings. The fourth-order valence-corrected chi connectivity index (χ4v) is 3.29. The fraction of sp³-hybridized carbons (Fsp3) is 0.200. The van der Waals surface area contributed by atoms with Crippen molar-refractivity contribution in [3.05, 3.63) is 51.1 Å². The van der Waals surface area contributed by atoms with Crippen molar-refractivity contribution in [2.75, 3.05) is 5.32 Å². The molecule has 0 bridgehead atoms. The number of hydrogen-bond acceptors (Lipinski definition) is 4. The molecule has 0 saturated carbocycles. The monoisotopic (exact) mass is 303 g/mol. The highest BCUT2D eigenvalue weighted by molar-refractivity contribution is 7.11. The van der Waals surface area contributed by atoms with Gasteiger partial charge in [0.1, 0.15) is 0 Å². The number of nitrogens with one attached hydrogen (secondary N) is 1. The van der Waals surface area contributed by atoms with E-state index in [4.69, 9.17) is 11.6 Å². The summed E-state index contributed by atoms with van der Waals surface area (Å²) in [5.74, 6) is 0. The standard InChI is InChI=1S/C15H14ClN3S/c1-9-14(20-10(2)19-9)8-18-13-6-5-12(16)11-4-3-7-17-15(11)13/h3-7,18H,8H2,1-2H3. The maximum Gasteiger partial charge on any atom is 0.0948 e. The molecule has 2 aromatic heterocycles. The molecule has 0 amide bonds. The molecule has 3 rings (SSSR count). The van der Waals surface area contributed by atoms with E-state index in [2.05, 4.69) is 15.3 Å². The van der Waals surface area contributed by atoms with Crippen LogP contribution in [0.15, 0.2) is 30.5 Å². The average Bonchev–Trinajstić information content (AvgIpc) is 2.77. The van der Waals surface area contributed by atoms with E-state index >= 15 is 0 Å². The Morgan fingerprint density at radius 1 is 1.25 bits per heavy atom. The van der Waals surface area contributed by atoms with Crippen LogP contribution in [-0.2, 0) is 6.54 Å². The average molecular weight is 304 g/mol. The topological polar surface area (TPSA) is 37.8 Å². The second kappa shape index (κ2) is 5.38. The number of benzene rings is 1. The van der Waals surface area contributed by atoms with E-state index in [1.54, 1.807) is 17.5 Å². The Kier molecular flexibility index (Phi) is 3.59. The van der Waals surface area contributed by atoms with Crippen molar-refractivity contribution in [2.45, 2.75) is 20.4 Å². The summed E-state index contributed by atoms with van der Waals surface area (Å²) in [7, 11) is 0. The highest BCUT2D eigenvalue weighted by Gasteiger charge is 2.08. The molecule has 0 radical (unpaired) electrons. The quantitative estimate of drug-likeness (QED) is 0.770. The number of halogens is 1. The molecule has 0 unspecified atom stereocenters. The van der Waals surface area contributed by atoms with Crippen LogP contribution >= 0.6 is 22.9 Å². The normalized spacial score (nSPS) is 10.9. The van der Waals surface area contributed by atoms with Crippen LogP contribution in [0.4, 0.5) is 5.69 Å². The first kappa shape index (κ1) is 13.3. The Labute approximate surface area is 126 Å². The van der Waals surface area contributed by atoms with E-state index in [0.717, 1.165) is 38.9 Å². The van der Waals surface area contributed by atoms with Crippen LogP contribution in [0.3, 0.4) is 0 Å². The minimum Gasteiger partial charge on any atom is -0.378 e. The molecule has 0 aliphatic carbocycles. The molecule has 0 saturated heterocycles. The molecular formula is C15H14ClN3S. The van der Waals surface area contributed by atoms with Gasteiger partial charge in [0, 0.05) is 16.5 Å². The van der Waals surface area contributed by atoms with Crippen LogP contribution in [0.2, 0.25) is 5.02 Å². The van der Waals surface area contributed by atoms with E-state index < -0.39 is 0 Å². The van der Waals surface area contributed by atoms with Crippen LogP contribution in [0.5, 0.6) is 0 Å². The summed E-state index contributed by atoms with van der Waals surface area (Å²) in [5, 5.41) is 6.22. The third kappa shape index (κ3) is 2.49. The van der Waals surface area contributed by atoms with Gasteiger partial charge in [-0.3, -0.25) is 4.98 Å². The number of aromatic nitrogens is 2. The lowest BCUT2D eigenvalue weighted by atomic mass is 10.2. The van der Waals surface area contributed by atoms with Crippen LogP contribution in [0, 0.1) is 13.8 Å². The molecule has 5 heteroatoms. The van der Waals surface area contributed by atoms with Crippen molar-refractivity contribution in [1.29, 1.82) is 0 Å². The Balaban J connectivity index is 1.92. The number of pyridine rings is 1. The van der Waals surface area contributed by atoms with Gasteiger partial charge in [0.2, 0.25) is 0 Å². The summed E-state index contributed by atoms with van der Waals surface area (Å²) in [4.78, 5) is 10.1. The molecular weight excluding hydrogens is 290 g/mol. The Morgan fingerprint density at radius 2 is 2.10 bits per heavy atom. The number of hydrogen-bond donors (Lipinski definition) is 1. The lowest BCUT2D eigenvalue weighted by Gasteiger charge is -2.09. The number of thiazole rings is 1. The first-order valence-corrected chi connectivity index (χ1v) is 7.54. The molecule has 20 heavy (non-hydrogen) atoms. The van der Waals surface area contributed by atoms with Gasteiger partial charge in [-0.2, -0.15) is 0 Å². The number of anilines is 1. The van der Waals surface area contributed by atoms with Crippen molar-refractivity contribution >= 4 is 39.5 Å². The van der Waals surface area contributed by atoms with Crippen molar-refractivity contribution in [3.8, 4) is 0 Å². The number of fused-ring (bicyclic) bond motifs is 1. The Bertz CT molecular complexity index is 767. The van der Waals surface area contributed by atoms with Crippen LogP contribution in [0.1, 0.15) is 15.6 Å². The Hall–Kier alpha value is -1.65. The largest absolute Gasteiger partial charge is 0.378 e. The van der Waals surface area contributed by atoms with E-state index in [1.807, 2.05) is 38.1 Å². The predicted octanol–water partition coefficient (Wildman–Crippen LogP) is 4.57. The number of nitrogens with zero attached hydrogens (tertiary/aromatic N) is 2. The molecule has 3 aromatic rings. The van der Waals surface area contributed by atoms with E-state index in [9.17, 15) is 0 Å². The summed E-state index contributed by atoms with van der Waals surface area (Å²) < 4.78 is 0. The second-order valence-corrected chi connectivity index (χ2v) is 6.28. The van der Waals surface area contributed by atoms with Crippen molar-refractivity contribution in [2.24, 2.45) is 0 Å². The molecule has 0 atom stereocenters. The molecule has 2 heterocycles. The zero-order chi connectivity index (χ0) is 14.1. The van der Waals surface area contributed by atoms with Crippen molar-refractivity contribution < 1.29 is 0 Å². The van der Waals surface area contributed by atoms with E-state index in [0.29, 0.717) is 0 Å². The van der Waals surface area contributed by atoms with E-state index in [1.165, 1.54) is 4.88 Å². The molecule has 0 spiro atoms. The van der Waals surface area contributed by atoms with Gasteiger partial charge in [-0.25, -0.2) is 4.98 Å². The van der Waals surface area contributed by atoms with Crippen LogP contribution in [0.25, 0.3) is 10.9 Å². The minimum atomic E-state index is 0.725. The van der Waals surface area contributed by atoms with Gasteiger partial charge in [0.25, 0.3) is 0 Å². The van der Waals surface area contributed by atoms with Gasteiger partial charge in [-0.1, -0.05) is 11.6 Å². The summed E-state index contributed by atoms with van der Waals surface area (Å²) in [6, 6.07) is 7.76. The lowest BCUT2D eigenvalue weighted by Crippen LogP contribution is -2.00. The third-order valence-corrected chi connectivity index (χ3v) is 4.56. The second-order valence-electron chi connectivity index (χ2n) is 4.59. The van der Waals surface area contributed by atoms with Gasteiger partial charge in [-0.15, -0.1) is 11.3 Å². The Morgan fingerprint density at radius 3 is 2.85 bits per heavy atom. The maximum atomic E-state index is 6.20. The summed E-state index contributed by atoms with van der Waals surface area (Å²) in [5.41, 5.74) is 2.99.